The lowest BCUT2D eigenvalue weighted by Gasteiger charge is -2.29. The van der Waals surface area contributed by atoms with E-state index in [0.717, 1.165) is 0 Å². The van der Waals surface area contributed by atoms with Gasteiger partial charge in [-0.1, -0.05) is 18.2 Å². The van der Waals surface area contributed by atoms with Gasteiger partial charge in [0.1, 0.15) is 0 Å². The van der Waals surface area contributed by atoms with E-state index in [1.807, 2.05) is 0 Å². The summed E-state index contributed by atoms with van der Waals surface area (Å²) >= 11 is 0. The Balaban J connectivity index is 3.34. The number of methoxy groups -OCH3 is 3. The van der Waals surface area contributed by atoms with Crippen LogP contribution in [0, 0.1) is 0 Å². The van der Waals surface area contributed by atoms with Crippen molar-refractivity contribution in [2.45, 2.75) is 5.97 Å². The van der Waals surface area contributed by atoms with Crippen molar-refractivity contribution in [3.05, 3.63) is 35.4 Å². The quantitative estimate of drug-likeness (QED) is 0.769. The molecule has 1 aromatic carbocycles. The van der Waals surface area contributed by atoms with Crippen molar-refractivity contribution >= 4 is 5.97 Å². The van der Waals surface area contributed by atoms with Gasteiger partial charge in [0.05, 0.1) is 11.1 Å². The van der Waals surface area contributed by atoms with Crippen LogP contribution in [0.3, 0.4) is 0 Å². The molecule has 0 radical (unpaired) electrons. The molecule has 0 atom stereocenters. The first kappa shape index (κ1) is 12.6. The SMILES string of the molecule is COC(OC)(OC)c1ccccc1C(=O)O. The van der Waals surface area contributed by atoms with Crippen LogP contribution in [0.5, 0.6) is 0 Å². The maximum absolute atomic E-state index is 11.0. The van der Waals surface area contributed by atoms with Gasteiger partial charge in [-0.25, -0.2) is 4.79 Å². The molecule has 0 bridgehead atoms. The minimum atomic E-state index is -1.49. The predicted molar refractivity (Wildman–Crippen MR) is 56.1 cm³/mol. The van der Waals surface area contributed by atoms with E-state index in [0.29, 0.717) is 5.56 Å². The fourth-order valence-corrected chi connectivity index (χ4v) is 1.52. The third kappa shape index (κ3) is 2.06. The maximum atomic E-state index is 11.0. The van der Waals surface area contributed by atoms with E-state index in [4.69, 9.17) is 19.3 Å². The molecule has 0 aliphatic rings. The number of hydrogen-bond acceptors (Lipinski definition) is 4. The zero-order valence-electron chi connectivity index (χ0n) is 9.39. The molecule has 0 aliphatic carbocycles. The summed E-state index contributed by atoms with van der Waals surface area (Å²) in [7, 11) is 4.14. The van der Waals surface area contributed by atoms with Gasteiger partial charge in [-0.15, -0.1) is 0 Å². The lowest BCUT2D eigenvalue weighted by Crippen LogP contribution is -2.34. The second-order valence-electron chi connectivity index (χ2n) is 3.02. The Morgan fingerprint density at radius 3 is 2.06 bits per heavy atom. The first-order valence-electron chi connectivity index (χ1n) is 4.59. The number of benzene rings is 1. The molecule has 0 amide bonds. The van der Waals surface area contributed by atoms with Crippen LogP contribution in [-0.4, -0.2) is 32.4 Å². The van der Waals surface area contributed by atoms with Gasteiger partial charge in [-0.05, 0) is 6.07 Å². The molecule has 0 saturated carbocycles. The molecule has 16 heavy (non-hydrogen) atoms. The molecular weight excluding hydrogens is 212 g/mol. The normalized spacial score (nSPS) is 11.4. The van der Waals surface area contributed by atoms with Crippen LogP contribution < -0.4 is 0 Å². The second kappa shape index (κ2) is 5.07. The molecule has 0 heterocycles. The molecular formula is C11H14O5. The van der Waals surface area contributed by atoms with Crippen molar-refractivity contribution in [1.29, 1.82) is 0 Å². The first-order chi connectivity index (χ1) is 7.61. The standard InChI is InChI=1S/C11H14O5/c1-14-11(15-2,16-3)9-7-5-4-6-8(9)10(12)13/h4-7H,1-3H3,(H,12,13). The number of carbonyl (C=O) groups is 1. The van der Waals surface area contributed by atoms with Crippen LogP contribution in [0.2, 0.25) is 0 Å². The predicted octanol–water partition coefficient (Wildman–Crippen LogP) is 1.43. The van der Waals surface area contributed by atoms with E-state index < -0.39 is 11.9 Å². The van der Waals surface area contributed by atoms with Gasteiger partial charge in [-0.2, -0.15) is 0 Å². The fourth-order valence-electron chi connectivity index (χ4n) is 1.52. The van der Waals surface area contributed by atoms with Crippen molar-refractivity contribution in [2.75, 3.05) is 21.3 Å². The molecule has 0 unspecified atom stereocenters. The van der Waals surface area contributed by atoms with Gasteiger partial charge in [0.25, 0.3) is 0 Å². The number of ether oxygens (including phenoxy) is 3. The average molecular weight is 226 g/mol. The summed E-state index contributed by atoms with van der Waals surface area (Å²) in [6, 6.07) is 6.36. The lowest BCUT2D eigenvalue weighted by molar-refractivity contribution is -0.364. The Morgan fingerprint density at radius 2 is 1.62 bits per heavy atom. The van der Waals surface area contributed by atoms with Gasteiger partial charge in [0, 0.05) is 21.3 Å². The van der Waals surface area contributed by atoms with E-state index in [1.165, 1.54) is 27.4 Å². The molecule has 0 aromatic heterocycles. The molecule has 1 rings (SSSR count). The van der Waals surface area contributed by atoms with E-state index in [-0.39, 0.29) is 5.56 Å². The zero-order valence-corrected chi connectivity index (χ0v) is 9.39. The van der Waals surface area contributed by atoms with Crippen LogP contribution in [0.25, 0.3) is 0 Å². The van der Waals surface area contributed by atoms with Gasteiger partial charge in [0.15, 0.2) is 0 Å². The monoisotopic (exact) mass is 226 g/mol. The molecule has 5 heteroatoms. The maximum Gasteiger partial charge on any atom is 0.336 e. The molecule has 88 valence electrons. The van der Waals surface area contributed by atoms with E-state index in [2.05, 4.69) is 0 Å². The summed E-state index contributed by atoms with van der Waals surface area (Å²) in [5.74, 6) is -2.55. The van der Waals surface area contributed by atoms with Crippen LogP contribution in [-0.2, 0) is 20.2 Å². The van der Waals surface area contributed by atoms with E-state index in [1.54, 1.807) is 18.2 Å². The largest absolute Gasteiger partial charge is 0.478 e. The molecule has 0 fully saturated rings. The molecule has 0 spiro atoms. The Kier molecular flexibility index (Phi) is 4.00. The minimum Gasteiger partial charge on any atom is -0.478 e. The van der Waals surface area contributed by atoms with E-state index in [9.17, 15) is 4.79 Å². The topological polar surface area (TPSA) is 65.0 Å². The summed E-state index contributed by atoms with van der Waals surface area (Å²) in [4.78, 5) is 11.0. The molecule has 1 aromatic rings. The van der Waals surface area contributed by atoms with Gasteiger partial charge in [-0.3, -0.25) is 0 Å². The van der Waals surface area contributed by atoms with Crippen LogP contribution >= 0.6 is 0 Å². The van der Waals surface area contributed by atoms with Crippen LogP contribution in [0.1, 0.15) is 15.9 Å². The summed E-state index contributed by atoms with van der Waals surface area (Å²) in [6.45, 7) is 0. The minimum absolute atomic E-state index is 0.0769. The second-order valence-corrected chi connectivity index (χ2v) is 3.02. The molecule has 0 aliphatic heterocycles. The van der Waals surface area contributed by atoms with Crippen LogP contribution in [0.4, 0.5) is 0 Å². The van der Waals surface area contributed by atoms with Crippen molar-refractivity contribution < 1.29 is 24.1 Å². The third-order valence-electron chi connectivity index (χ3n) is 2.29. The Hall–Kier alpha value is -1.43. The van der Waals surface area contributed by atoms with Crippen molar-refractivity contribution in [3.63, 3.8) is 0 Å². The average Bonchev–Trinajstić information content (AvgIpc) is 2.32. The highest BCUT2D eigenvalue weighted by molar-refractivity contribution is 5.89. The molecule has 0 saturated heterocycles. The Labute approximate surface area is 93.6 Å². The molecule has 1 N–H and O–H groups in total. The number of rotatable bonds is 5. The lowest BCUT2D eigenvalue weighted by atomic mass is 10.1. The number of aromatic carboxylic acids is 1. The highest BCUT2D eigenvalue weighted by Crippen LogP contribution is 2.29. The van der Waals surface area contributed by atoms with Crippen molar-refractivity contribution in [3.8, 4) is 0 Å². The highest BCUT2D eigenvalue weighted by Gasteiger charge is 2.36. The van der Waals surface area contributed by atoms with Crippen molar-refractivity contribution in [2.24, 2.45) is 0 Å². The van der Waals surface area contributed by atoms with Crippen molar-refractivity contribution in [1.82, 2.24) is 0 Å². The fraction of sp³-hybridized carbons (Fsp3) is 0.364. The third-order valence-corrected chi connectivity index (χ3v) is 2.29. The Bertz CT molecular complexity index is 362. The zero-order chi connectivity index (χ0) is 12.2. The smallest absolute Gasteiger partial charge is 0.336 e. The van der Waals surface area contributed by atoms with E-state index >= 15 is 0 Å². The first-order valence-corrected chi connectivity index (χ1v) is 4.59. The summed E-state index contributed by atoms with van der Waals surface area (Å²) in [5, 5.41) is 9.05. The summed E-state index contributed by atoms with van der Waals surface area (Å²) in [6.07, 6.45) is 0. The van der Waals surface area contributed by atoms with Crippen LogP contribution in [0.15, 0.2) is 24.3 Å². The number of carboxylic acid groups (broad SMARTS) is 1. The number of carboxylic acids is 1. The summed E-state index contributed by atoms with van der Waals surface area (Å²) < 4.78 is 15.3. The Morgan fingerprint density at radius 1 is 1.12 bits per heavy atom. The van der Waals surface area contributed by atoms with Gasteiger partial charge >= 0.3 is 11.9 Å². The highest BCUT2D eigenvalue weighted by atomic mass is 16.9. The van der Waals surface area contributed by atoms with Gasteiger partial charge in [0.2, 0.25) is 0 Å². The van der Waals surface area contributed by atoms with Gasteiger partial charge < -0.3 is 19.3 Å². The number of hydrogen-bond donors (Lipinski definition) is 1. The molecule has 5 nitrogen and oxygen atoms in total. The summed E-state index contributed by atoms with van der Waals surface area (Å²) in [5.41, 5.74) is 0.392.